The van der Waals surface area contributed by atoms with E-state index in [0.29, 0.717) is 16.9 Å². The number of rotatable bonds is 4. The first-order valence-electron chi connectivity index (χ1n) is 6.78. The second kappa shape index (κ2) is 5.04. The number of nitrogens with zero attached hydrogens (tertiary/aromatic N) is 3. The molecule has 0 fully saturated rings. The van der Waals surface area contributed by atoms with Crippen LogP contribution in [0, 0.1) is 0 Å². The van der Waals surface area contributed by atoms with E-state index in [4.69, 9.17) is 0 Å². The lowest BCUT2D eigenvalue weighted by molar-refractivity contribution is -0.145. The predicted molar refractivity (Wildman–Crippen MR) is 80.5 cm³/mol. The highest BCUT2D eigenvalue weighted by Crippen LogP contribution is 2.31. The van der Waals surface area contributed by atoms with Gasteiger partial charge in [0.05, 0.1) is 17.1 Å². The Bertz CT molecular complexity index is 689. The molecule has 0 aliphatic carbocycles. The molecule has 2 rings (SSSR count). The van der Waals surface area contributed by atoms with Crippen molar-refractivity contribution in [1.82, 2.24) is 14.5 Å². The summed E-state index contributed by atoms with van der Waals surface area (Å²) in [5.74, 6) is -0.153. The number of aromatic nitrogens is 2. The Kier molecular flexibility index (Phi) is 3.67. The summed E-state index contributed by atoms with van der Waals surface area (Å²) in [5.41, 5.74) is 0.155. The molecule has 114 valence electrons. The Morgan fingerprint density at radius 3 is 2.52 bits per heavy atom. The summed E-state index contributed by atoms with van der Waals surface area (Å²) in [4.78, 5) is 18.2. The van der Waals surface area contributed by atoms with Crippen molar-refractivity contribution in [3.05, 3.63) is 24.0 Å². The first kappa shape index (κ1) is 15.3. The van der Waals surface area contributed by atoms with Crippen LogP contribution in [0.2, 0.25) is 0 Å². The van der Waals surface area contributed by atoms with E-state index in [-0.39, 0.29) is 11.8 Å². The van der Waals surface area contributed by atoms with Crippen molar-refractivity contribution in [2.24, 2.45) is 0 Å². The molecule has 0 aliphatic heterocycles. The Hall–Kier alpha value is -2.08. The van der Waals surface area contributed by atoms with E-state index in [1.165, 1.54) is 0 Å². The second-order valence-electron chi connectivity index (χ2n) is 5.98. The van der Waals surface area contributed by atoms with Crippen molar-refractivity contribution in [2.45, 2.75) is 32.4 Å². The SMILES string of the molecule is CC(c1nc2cc(O)ccc2n1C(C)(C)C(=O)O)N(C)C. The Morgan fingerprint density at radius 1 is 1.38 bits per heavy atom. The van der Waals surface area contributed by atoms with Crippen molar-refractivity contribution in [3.63, 3.8) is 0 Å². The highest BCUT2D eigenvalue weighted by atomic mass is 16.4. The molecule has 0 aliphatic rings. The smallest absolute Gasteiger partial charge is 0.329 e. The van der Waals surface area contributed by atoms with Gasteiger partial charge >= 0.3 is 5.97 Å². The van der Waals surface area contributed by atoms with Gasteiger partial charge in [-0.3, -0.25) is 4.90 Å². The molecule has 6 heteroatoms. The summed E-state index contributed by atoms with van der Waals surface area (Å²) in [5, 5.41) is 19.2. The first-order chi connectivity index (χ1) is 9.66. The third kappa shape index (κ3) is 2.47. The van der Waals surface area contributed by atoms with Crippen LogP contribution in [0.3, 0.4) is 0 Å². The van der Waals surface area contributed by atoms with Crippen LogP contribution < -0.4 is 0 Å². The van der Waals surface area contributed by atoms with E-state index in [9.17, 15) is 15.0 Å². The van der Waals surface area contributed by atoms with E-state index in [2.05, 4.69) is 4.98 Å². The fourth-order valence-corrected chi connectivity index (χ4v) is 2.28. The summed E-state index contributed by atoms with van der Waals surface area (Å²) >= 11 is 0. The number of phenolic OH excluding ortho intramolecular Hbond substituents is 1. The molecule has 1 aromatic heterocycles. The summed E-state index contributed by atoms with van der Waals surface area (Å²) in [7, 11) is 3.83. The molecule has 21 heavy (non-hydrogen) atoms. The van der Waals surface area contributed by atoms with Gasteiger partial charge in [-0.1, -0.05) is 0 Å². The van der Waals surface area contributed by atoms with Crippen molar-refractivity contribution in [3.8, 4) is 5.75 Å². The van der Waals surface area contributed by atoms with Gasteiger partial charge in [0.15, 0.2) is 0 Å². The summed E-state index contributed by atoms with van der Waals surface area (Å²) < 4.78 is 1.73. The van der Waals surface area contributed by atoms with Crippen LogP contribution in [0.5, 0.6) is 5.75 Å². The van der Waals surface area contributed by atoms with Gasteiger partial charge in [-0.2, -0.15) is 0 Å². The highest BCUT2D eigenvalue weighted by Gasteiger charge is 2.35. The maximum absolute atomic E-state index is 11.7. The number of carboxylic acid groups (broad SMARTS) is 1. The van der Waals surface area contributed by atoms with Crippen LogP contribution in [-0.4, -0.2) is 44.7 Å². The van der Waals surface area contributed by atoms with Gasteiger partial charge in [0.2, 0.25) is 0 Å². The number of hydrogen-bond acceptors (Lipinski definition) is 4. The minimum absolute atomic E-state index is 0.0573. The molecular formula is C15H21N3O3. The molecule has 0 bridgehead atoms. The Morgan fingerprint density at radius 2 is 2.00 bits per heavy atom. The van der Waals surface area contributed by atoms with Crippen LogP contribution in [-0.2, 0) is 10.3 Å². The average molecular weight is 291 g/mol. The van der Waals surface area contributed by atoms with Gasteiger partial charge in [0.25, 0.3) is 0 Å². The molecule has 1 unspecified atom stereocenters. The standard InChI is InChI=1S/C15H21N3O3/c1-9(17(4)5)13-16-11-8-10(19)6-7-12(11)18(13)15(2,3)14(20)21/h6-9,19H,1-5H3,(H,20,21). The lowest BCUT2D eigenvalue weighted by Gasteiger charge is -2.28. The van der Waals surface area contributed by atoms with Crippen molar-refractivity contribution in [1.29, 1.82) is 0 Å². The van der Waals surface area contributed by atoms with Crippen molar-refractivity contribution < 1.29 is 15.0 Å². The first-order valence-corrected chi connectivity index (χ1v) is 6.78. The normalized spacial score (nSPS) is 13.8. The molecule has 0 spiro atoms. The molecule has 2 N–H and O–H groups in total. The fraction of sp³-hybridized carbons (Fsp3) is 0.467. The second-order valence-corrected chi connectivity index (χ2v) is 5.98. The number of phenols is 1. The fourth-order valence-electron chi connectivity index (χ4n) is 2.28. The number of aliphatic carboxylic acids is 1. The molecule has 1 aromatic carbocycles. The minimum atomic E-state index is -1.13. The van der Waals surface area contributed by atoms with E-state index < -0.39 is 11.5 Å². The van der Waals surface area contributed by atoms with Crippen LogP contribution in [0.25, 0.3) is 11.0 Å². The van der Waals surface area contributed by atoms with Crippen LogP contribution in [0.1, 0.15) is 32.6 Å². The van der Waals surface area contributed by atoms with Gasteiger partial charge < -0.3 is 14.8 Å². The number of imidazole rings is 1. The monoisotopic (exact) mass is 291 g/mol. The highest BCUT2D eigenvalue weighted by molar-refractivity contribution is 5.83. The average Bonchev–Trinajstić information content (AvgIpc) is 2.76. The van der Waals surface area contributed by atoms with Crippen LogP contribution in [0.4, 0.5) is 0 Å². The van der Waals surface area contributed by atoms with Gasteiger partial charge in [0, 0.05) is 6.07 Å². The third-order valence-corrected chi connectivity index (χ3v) is 3.89. The molecule has 1 heterocycles. The van der Waals surface area contributed by atoms with Gasteiger partial charge in [0.1, 0.15) is 17.1 Å². The number of aromatic hydroxyl groups is 1. The molecule has 0 saturated heterocycles. The third-order valence-electron chi connectivity index (χ3n) is 3.89. The zero-order valence-electron chi connectivity index (χ0n) is 13.0. The molecule has 0 radical (unpaired) electrons. The number of hydrogen-bond donors (Lipinski definition) is 2. The zero-order valence-corrected chi connectivity index (χ0v) is 13.0. The molecule has 1 atom stereocenters. The lowest BCUT2D eigenvalue weighted by atomic mass is 10.0. The molecule has 0 amide bonds. The number of carbonyl (C=O) groups is 1. The molecule has 6 nitrogen and oxygen atoms in total. The number of carboxylic acids is 1. The number of benzene rings is 1. The van der Waals surface area contributed by atoms with Gasteiger partial charge in [-0.25, -0.2) is 9.78 Å². The Balaban J connectivity index is 2.81. The maximum Gasteiger partial charge on any atom is 0.329 e. The van der Waals surface area contributed by atoms with E-state index >= 15 is 0 Å². The minimum Gasteiger partial charge on any atom is -0.508 e. The quantitative estimate of drug-likeness (QED) is 0.902. The van der Waals surface area contributed by atoms with Gasteiger partial charge in [-0.15, -0.1) is 0 Å². The summed E-state index contributed by atoms with van der Waals surface area (Å²) in [6.45, 7) is 5.26. The topological polar surface area (TPSA) is 78.6 Å². The van der Waals surface area contributed by atoms with Crippen molar-refractivity contribution >= 4 is 17.0 Å². The van der Waals surface area contributed by atoms with Gasteiger partial charge in [-0.05, 0) is 47.0 Å². The number of fused-ring (bicyclic) bond motifs is 1. The molecular weight excluding hydrogens is 270 g/mol. The molecule has 0 saturated carbocycles. The van der Waals surface area contributed by atoms with E-state index in [0.717, 1.165) is 0 Å². The summed E-state index contributed by atoms with van der Waals surface area (Å²) in [6.07, 6.45) is 0. The molecule has 2 aromatic rings. The Labute approximate surface area is 123 Å². The van der Waals surface area contributed by atoms with E-state index in [1.54, 1.807) is 36.6 Å². The summed E-state index contributed by atoms with van der Waals surface area (Å²) in [6, 6.07) is 4.74. The van der Waals surface area contributed by atoms with E-state index in [1.807, 2.05) is 25.9 Å². The lowest BCUT2D eigenvalue weighted by Crippen LogP contribution is -2.38. The zero-order chi connectivity index (χ0) is 15.9. The van der Waals surface area contributed by atoms with Crippen LogP contribution in [0.15, 0.2) is 18.2 Å². The van der Waals surface area contributed by atoms with Crippen LogP contribution >= 0.6 is 0 Å². The van der Waals surface area contributed by atoms with Crippen molar-refractivity contribution in [2.75, 3.05) is 14.1 Å². The predicted octanol–water partition coefficient (Wildman–Crippen LogP) is 2.18. The maximum atomic E-state index is 11.7. The largest absolute Gasteiger partial charge is 0.508 e.